The number of H-pyrrole nitrogens is 1. The second-order valence-corrected chi connectivity index (χ2v) is 6.39. The Kier molecular flexibility index (Phi) is 3.99. The van der Waals surface area contributed by atoms with Crippen LogP contribution in [0.15, 0.2) is 12.3 Å². The van der Waals surface area contributed by atoms with E-state index in [1.165, 1.54) is 0 Å². The minimum Gasteiger partial charge on any atom is -0.392 e. The quantitative estimate of drug-likeness (QED) is 0.898. The third-order valence-electron chi connectivity index (χ3n) is 4.97. The van der Waals surface area contributed by atoms with Crippen LogP contribution in [0.25, 0.3) is 0 Å². The molecule has 0 aromatic carbocycles. The summed E-state index contributed by atoms with van der Waals surface area (Å²) in [7, 11) is 0. The molecular weight excluding hydrogens is 292 g/mol. The highest BCUT2D eigenvalue weighted by molar-refractivity contribution is 6.30. The molecule has 116 valence electrons. The summed E-state index contributed by atoms with van der Waals surface area (Å²) in [6, 6.07) is 1.65. The van der Waals surface area contributed by atoms with E-state index in [9.17, 15) is 9.90 Å². The highest BCUT2D eigenvalue weighted by atomic mass is 35.5. The summed E-state index contributed by atoms with van der Waals surface area (Å²) in [5.74, 6) is -0.0291. The van der Waals surface area contributed by atoms with Crippen molar-refractivity contribution in [3.63, 3.8) is 0 Å². The van der Waals surface area contributed by atoms with E-state index in [4.69, 9.17) is 16.3 Å². The average molecular weight is 313 g/mol. The zero-order valence-corrected chi connectivity index (χ0v) is 12.9. The number of piperidine rings is 1. The molecule has 2 atom stereocenters. The Morgan fingerprint density at radius 2 is 2.29 bits per heavy atom. The number of likely N-dealkylation sites (tertiary alicyclic amines) is 1. The van der Waals surface area contributed by atoms with Crippen LogP contribution in [0.4, 0.5) is 0 Å². The molecule has 5 nitrogen and oxygen atoms in total. The number of hydrogen-bond donors (Lipinski definition) is 2. The predicted molar refractivity (Wildman–Crippen MR) is 79.4 cm³/mol. The predicted octanol–water partition coefficient (Wildman–Crippen LogP) is 2.06. The van der Waals surface area contributed by atoms with Crippen LogP contribution in [-0.4, -0.2) is 52.8 Å². The van der Waals surface area contributed by atoms with Crippen molar-refractivity contribution < 1.29 is 14.6 Å². The number of aliphatic hydroxyl groups is 1. The number of hydrogen-bond acceptors (Lipinski definition) is 3. The fraction of sp³-hybridized carbons (Fsp3) is 0.667. The second-order valence-electron chi connectivity index (χ2n) is 5.95. The molecular formula is C15H21ClN2O3. The molecule has 1 saturated carbocycles. The minimum absolute atomic E-state index is 0.0291. The van der Waals surface area contributed by atoms with E-state index in [1.54, 1.807) is 12.3 Å². The molecule has 0 radical (unpaired) electrons. The Morgan fingerprint density at radius 3 is 2.81 bits per heavy atom. The summed E-state index contributed by atoms with van der Waals surface area (Å²) in [4.78, 5) is 17.1. The molecule has 2 N–H and O–H groups in total. The summed E-state index contributed by atoms with van der Waals surface area (Å²) in [5, 5.41) is 10.7. The minimum atomic E-state index is -0.300. The number of aromatic amines is 1. The maximum Gasteiger partial charge on any atom is 0.270 e. The van der Waals surface area contributed by atoms with E-state index in [1.807, 2.05) is 11.8 Å². The summed E-state index contributed by atoms with van der Waals surface area (Å²) >= 11 is 5.84. The maximum absolute atomic E-state index is 12.4. The van der Waals surface area contributed by atoms with Gasteiger partial charge in [-0.3, -0.25) is 4.79 Å². The first-order valence-electron chi connectivity index (χ1n) is 7.49. The molecule has 1 spiro atoms. The molecule has 1 aromatic heterocycles. The van der Waals surface area contributed by atoms with Gasteiger partial charge in [-0.2, -0.15) is 0 Å². The summed E-state index contributed by atoms with van der Waals surface area (Å²) in [6.45, 7) is 3.95. The molecule has 21 heavy (non-hydrogen) atoms. The number of nitrogens with zero attached hydrogens (tertiary/aromatic N) is 1. The van der Waals surface area contributed by atoms with E-state index in [-0.39, 0.29) is 23.5 Å². The van der Waals surface area contributed by atoms with Crippen molar-refractivity contribution in [3.05, 3.63) is 23.0 Å². The van der Waals surface area contributed by atoms with E-state index < -0.39 is 0 Å². The lowest BCUT2D eigenvalue weighted by Gasteiger charge is -2.56. The second kappa shape index (κ2) is 5.63. The van der Waals surface area contributed by atoms with Crippen LogP contribution in [0.5, 0.6) is 0 Å². The highest BCUT2D eigenvalue weighted by Gasteiger charge is 2.56. The number of aromatic nitrogens is 1. The Morgan fingerprint density at radius 1 is 1.57 bits per heavy atom. The largest absolute Gasteiger partial charge is 0.392 e. The lowest BCUT2D eigenvalue weighted by Crippen LogP contribution is -2.62. The number of ether oxygens (including phenoxy) is 1. The maximum atomic E-state index is 12.4. The highest BCUT2D eigenvalue weighted by Crippen LogP contribution is 2.51. The van der Waals surface area contributed by atoms with E-state index in [0.29, 0.717) is 36.8 Å². The van der Waals surface area contributed by atoms with Crippen LogP contribution >= 0.6 is 11.6 Å². The molecule has 1 saturated heterocycles. The van der Waals surface area contributed by atoms with E-state index in [0.717, 1.165) is 12.8 Å². The number of halogens is 1. The smallest absolute Gasteiger partial charge is 0.270 e. The first-order chi connectivity index (χ1) is 10.1. The summed E-state index contributed by atoms with van der Waals surface area (Å²) < 4.78 is 5.74. The van der Waals surface area contributed by atoms with Crippen molar-refractivity contribution in [2.45, 2.75) is 38.4 Å². The van der Waals surface area contributed by atoms with Crippen molar-refractivity contribution in [3.8, 4) is 0 Å². The van der Waals surface area contributed by atoms with Crippen molar-refractivity contribution in [2.75, 3.05) is 19.7 Å². The molecule has 1 aliphatic carbocycles. The molecule has 0 bridgehead atoms. The average Bonchev–Trinajstić information content (AvgIpc) is 2.93. The van der Waals surface area contributed by atoms with Gasteiger partial charge in [-0.15, -0.1) is 0 Å². The van der Waals surface area contributed by atoms with Crippen LogP contribution < -0.4 is 0 Å². The number of amides is 1. The number of carbonyl (C=O) groups is 1. The fourth-order valence-electron chi connectivity index (χ4n) is 3.60. The van der Waals surface area contributed by atoms with Gasteiger partial charge in [0.15, 0.2) is 0 Å². The number of rotatable bonds is 3. The molecule has 2 unspecified atom stereocenters. The zero-order valence-electron chi connectivity index (χ0n) is 12.1. The topological polar surface area (TPSA) is 65.6 Å². The molecule has 6 heteroatoms. The SMILES string of the molecule is CCOC1CC(O)C12CCN(C(=O)c1cc(Cl)c[nH]1)CC2. The zero-order chi connectivity index (χ0) is 15.0. The van der Waals surface area contributed by atoms with Crippen LogP contribution in [0.3, 0.4) is 0 Å². The first kappa shape index (κ1) is 14.9. The number of aliphatic hydroxyl groups excluding tert-OH is 1. The van der Waals surface area contributed by atoms with Crippen LogP contribution in [0.2, 0.25) is 5.02 Å². The van der Waals surface area contributed by atoms with Gasteiger partial charge in [-0.25, -0.2) is 0 Å². The van der Waals surface area contributed by atoms with Gasteiger partial charge in [0.1, 0.15) is 5.69 Å². The van der Waals surface area contributed by atoms with E-state index in [2.05, 4.69) is 4.98 Å². The molecule has 2 aliphatic rings. The molecule has 1 aliphatic heterocycles. The lowest BCUT2D eigenvalue weighted by atomic mass is 9.58. The Bertz CT molecular complexity index is 521. The lowest BCUT2D eigenvalue weighted by molar-refractivity contribution is -0.207. The summed E-state index contributed by atoms with van der Waals surface area (Å²) in [6.07, 6.45) is 3.74. The van der Waals surface area contributed by atoms with Gasteiger partial charge in [0.05, 0.1) is 17.2 Å². The molecule has 2 fully saturated rings. The van der Waals surface area contributed by atoms with Crippen molar-refractivity contribution in [1.82, 2.24) is 9.88 Å². The van der Waals surface area contributed by atoms with Gasteiger partial charge < -0.3 is 19.7 Å². The van der Waals surface area contributed by atoms with Gasteiger partial charge in [-0.1, -0.05) is 11.6 Å². The molecule has 3 rings (SSSR count). The van der Waals surface area contributed by atoms with Crippen LogP contribution in [0, 0.1) is 5.41 Å². The molecule has 2 heterocycles. The standard InChI is InChI=1S/C15H21ClN2O3/c1-2-21-13-8-12(19)15(13)3-5-18(6-4-15)14(20)11-7-10(16)9-17-11/h7,9,12-13,17,19H,2-6,8H2,1H3. The third kappa shape index (κ3) is 2.47. The van der Waals surface area contributed by atoms with Crippen molar-refractivity contribution >= 4 is 17.5 Å². The molecule has 1 amide bonds. The van der Waals surface area contributed by atoms with E-state index >= 15 is 0 Å². The summed E-state index contributed by atoms with van der Waals surface area (Å²) in [5.41, 5.74) is 0.367. The fourth-order valence-corrected chi connectivity index (χ4v) is 3.77. The Labute approximate surface area is 129 Å². The number of nitrogens with one attached hydrogen (secondary N) is 1. The van der Waals surface area contributed by atoms with Crippen LogP contribution in [0.1, 0.15) is 36.7 Å². The number of carbonyl (C=O) groups excluding carboxylic acids is 1. The van der Waals surface area contributed by atoms with Crippen LogP contribution in [-0.2, 0) is 4.74 Å². The monoisotopic (exact) mass is 312 g/mol. The Balaban J connectivity index is 1.63. The Hall–Kier alpha value is -1.04. The van der Waals surface area contributed by atoms with Gasteiger partial charge >= 0.3 is 0 Å². The molecule has 1 aromatic rings. The van der Waals surface area contributed by atoms with Gasteiger partial charge in [0, 0.05) is 37.7 Å². The van der Waals surface area contributed by atoms with Crippen molar-refractivity contribution in [2.24, 2.45) is 5.41 Å². The van der Waals surface area contributed by atoms with Crippen molar-refractivity contribution in [1.29, 1.82) is 0 Å². The van der Waals surface area contributed by atoms with Gasteiger partial charge in [-0.05, 0) is 25.8 Å². The van der Waals surface area contributed by atoms with Gasteiger partial charge in [0.2, 0.25) is 0 Å². The first-order valence-corrected chi connectivity index (χ1v) is 7.87. The normalized spacial score (nSPS) is 27.7. The van der Waals surface area contributed by atoms with Gasteiger partial charge in [0.25, 0.3) is 5.91 Å². The third-order valence-corrected chi connectivity index (χ3v) is 5.19.